The lowest BCUT2D eigenvalue weighted by molar-refractivity contribution is 0.0274. The maximum absolute atomic E-state index is 11.5. The van der Waals surface area contributed by atoms with Gasteiger partial charge in [0.05, 0.1) is 0 Å². The third kappa shape index (κ3) is 7.27. The quantitative estimate of drug-likeness (QED) is 0.770. The van der Waals surface area contributed by atoms with Crippen molar-refractivity contribution in [1.29, 1.82) is 0 Å². The van der Waals surface area contributed by atoms with Gasteiger partial charge in [-0.3, -0.25) is 0 Å². The van der Waals surface area contributed by atoms with Gasteiger partial charge in [0.1, 0.15) is 5.60 Å². The summed E-state index contributed by atoms with van der Waals surface area (Å²) in [4.78, 5) is 24.5. The van der Waals surface area contributed by atoms with Gasteiger partial charge in [0.15, 0.2) is 0 Å². The van der Waals surface area contributed by atoms with Crippen LogP contribution in [-0.2, 0) is 4.74 Å². The molecule has 1 unspecified atom stereocenters. The van der Waals surface area contributed by atoms with E-state index >= 15 is 0 Å². The highest BCUT2D eigenvalue weighted by Crippen LogP contribution is 2.45. The number of carbonyl (C=O) groups is 2. The molecule has 0 radical (unpaired) electrons. The summed E-state index contributed by atoms with van der Waals surface area (Å²) in [5, 5.41) is 5.54. The number of nitrogens with zero attached hydrogens (tertiary/aromatic N) is 1. The Hall–Kier alpha value is -1.98. The monoisotopic (exact) mass is 381 g/mol. The molecule has 2 fully saturated rings. The highest BCUT2D eigenvalue weighted by molar-refractivity contribution is 5.74. The molecule has 0 aromatic carbocycles. The predicted octanol–water partition coefficient (Wildman–Crippen LogP) is 4.19. The topological polar surface area (TPSA) is 70.7 Å². The number of hydrogen-bond acceptors (Lipinski definition) is 3. The van der Waals surface area contributed by atoms with Crippen LogP contribution in [0.1, 0.15) is 50.3 Å². The van der Waals surface area contributed by atoms with E-state index < -0.39 is 0 Å². The molecule has 1 heterocycles. The van der Waals surface area contributed by atoms with Crippen LogP contribution in [0.2, 0.25) is 0 Å². The fourth-order valence-corrected chi connectivity index (χ4v) is 3.30. The Balaban J connectivity index is 0.000000506. The van der Waals surface area contributed by atoms with Crippen LogP contribution in [0, 0.1) is 17.8 Å². The normalized spacial score (nSPS) is 25.6. The summed E-state index contributed by atoms with van der Waals surface area (Å²) >= 11 is 0. The minimum absolute atomic E-state index is 0. The van der Waals surface area contributed by atoms with E-state index in [9.17, 15) is 9.59 Å². The number of urea groups is 1. The second-order valence-electron chi connectivity index (χ2n) is 8.66. The van der Waals surface area contributed by atoms with Crippen molar-refractivity contribution >= 4 is 12.1 Å². The number of fused-ring (bicyclic) bond motifs is 1. The summed E-state index contributed by atoms with van der Waals surface area (Å²) in [6.07, 6.45) is 8.54. The second kappa shape index (κ2) is 9.29. The molecule has 1 saturated heterocycles. The number of hydrogen-bond donors (Lipinski definition) is 2. The van der Waals surface area contributed by atoms with Gasteiger partial charge in [-0.05, 0) is 63.9 Å². The van der Waals surface area contributed by atoms with Gasteiger partial charge >= 0.3 is 12.1 Å². The third-order valence-electron chi connectivity index (χ3n) is 4.99. The summed E-state index contributed by atoms with van der Waals surface area (Å²) in [5.74, 6) is 2.11. The minimum Gasteiger partial charge on any atom is -0.444 e. The van der Waals surface area contributed by atoms with Crippen molar-refractivity contribution in [2.75, 3.05) is 26.2 Å². The Morgan fingerprint density at radius 3 is 2.48 bits per heavy atom. The van der Waals surface area contributed by atoms with Crippen LogP contribution in [0.5, 0.6) is 0 Å². The van der Waals surface area contributed by atoms with Crippen LogP contribution in [0.4, 0.5) is 9.59 Å². The molecular formula is C21H39N3O3. The van der Waals surface area contributed by atoms with Gasteiger partial charge in [-0.25, -0.2) is 9.59 Å². The van der Waals surface area contributed by atoms with Crippen LogP contribution >= 0.6 is 0 Å². The SMILES string of the molecule is CC(C)(C)OC(=O)N1C[C@H]2C[C@H]2C1.CCNC(=O)NCC1=CC=CCC1C.[HH].[HH]. The van der Waals surface area contributed by atoms with Crippen molar-refractivity contribution in [3.8, 4) is 0 Å². The van der Waals surface area contributed by atoms with Crippen molar-refractivity contribution in [3.05, 3.63) is 23.8 Å². The van der Waals surface area contributed by atoms with Crippen LogP contribution in [0.15, 0.2) is 23.8 Å². The lowest BCUT2D eigenvalue weighted by Gasteiger charge is -2.25. The number of rotatable bonds is 3. The summed E-state index contributed by atoms with van der Waals surface area (Å²) in [7, 11) is 0. The zero-order valence-electron chi connectivity index (χ0n) is 17.4. The number of amides is 3. The molecule has 2 aliphatic carbocycles. The van der Waals surface area contributed by atoms with E-state index in [1.54, 1.807) is 0 Å². The standard InChI is InChI=1S/C11H18N2O.C10H17NO2.2H2/c1-3-12-11(14)13-8-10-7-5-4-6-9(10)2;1-10(2,3)13-9(12)11-5-7-4-8(7)6-11;;/h4-5,7,9H,3,6,8H2,1-2H3,(H2,12,13,14);7-8H,4-6H2,1-3H3;2*1H/t;7-,8+;;. The zero-order chi connectivity index (χ0) is 20.0. The third-order valence-corrected chi connectivity index (χ3v) is 4.99. The van der Waals surface area contributed by atoms with Gasteiger partial charge in [0.25, 0.3) is 0 Å². The molecule has 3 amide bonds. The van der Waals surface area contributed by atoms with E-state index in [1.165, 1.54) is 12.0 Å². The average molecular weight is 382 g/mol. The summed E-state index contributed by atoms with van der Waals surface area (Å²) in [6, 6.07) is -0.0878. The fraction of sp³-hybridized carbons (Fsp3) is 0.714. The Kier molecular flexibility index (Phi) is 7.33. The van der Waals surface area contributed by atoms with E-state index in [2.05, 4.69) is 35.8 Å². The Bertz CT molecular complexity index is 592. The first-order valence-electron chi connectivity index (χ1n) is 10.0. The zero-order valence-corrected chi connectivity index (χ0v) is 17.4. The van der Waals surface area contributed by atoms with Gasteiger partial charge in [-0.1, -0.05) is 25.2 Å². The Labute approximate surface area is 166 Å². The summed E-state index contributed by atoms with van der Waals surface area (Å²) in [5.41, 5.74) is 0.933. The molecule has 0 bridgehead atoms. The summed E-state index contributed by atoms with van der Waals surface area (Å²) in [6.45, 7) is 12.9. The first kappa shape index (κ1) is 21.3. The molecule has 6 heteroatoms. The molecule has 3 atom stereocenters. The van der Waals surface area contributed by atoms with E-state index in [0.29, 0.717) is 19.0 Å². The molecule has 0 aromatic heterocycles. The minimum atomic E-state index is -0.357. The molecule has 6 nitrogen and oxygen atoms in total. The number of piperidine rings is 1. The van der Waals surface area contributed by atoms with Crippen LogP contribution in [-0.4, -0.2) is 48.8 Å². The molecule has 3 rings (SSSR count). The van der Waals surface area contributed by atoms with Crippen LogP contribution in [0.25, 0.3) is 0 Å². The number of ether oxygens (including phenoxy) is 1. The van der Waals surface area contributed by atoms with Gasteiger partial charge in [0.2, 0.25) is 0 Å². The average Bonchev–Trinajstić information content (AvgIpc) is 3.19. The molecule has 0 spiro atoms. The Morgan fingerprint density at radius 1 is 1.26 bits per heavy atom. The van der Waals surface area contributed by atoms with E-state index in [0.717, 1.165) is 31.3 Å². The molecule has 0 aromatic rings. The first-order valence-corrected chi connectivity index (χ1v) is 10.0. The van der Waals surface area contributed by atoms with Gasteiger partial charge in [-0.2, -0.15) is 0 Å². The Morgan fingerprint density at radius 2 is 1.93 bits per heavy atom. The van der Waals surface area contributed by atoms with Crippen molar-refractivity contribution in [2.45, 2.75) is 53.1 Å². The molecule has 156 valence electrons. The van der Waals surface area contributed by atoms with E-state index in [1.807, 2.05) is 32.6 Å². The molecule has 27 heavy (non-hydrogen) atoms. The lowest BCUT2D eigenvalue weighted by atomic mass is 9.93. The molecular weight excluding hydrogens is 342 g/mol. The van der Waals surface area contributed by atoms with E-state index in [-0.39, 0.29) is 20.6 Å². The maximum Gasteiger partial charge on any atom is 0.410 e. The summed E-state index contributed by atoms with van der Waals surface area (Å²) < 4.78 is 5.28. The molecule has 2 N–H and O–H groups in total. The largest absolute Gasteiger partial charge is 0.444 e. The first-order chi connectivity index (χ1) is 12.7. The van der Waals surface area contributed by atoms with Crippen molar-refractivity contribution in [1.82, 2.24) is 15.5 Å². The van der Waals surface area contributed by atoms with Crippen molar-refractivity contribution in [2.24, 2.45) is 17.8 Å². The maximum atomic E-state index is 11.5. The van der Waals surface area contributed by atoms with Gasteiger partial charge < -0.3 is 20.3 Å². The van der Waals surface area contributed by atoms with Crippen LogP contribution in [0.3, 0.4) is 0 Å². The molecule has 3 aliphatic rings. The number of nitrogens with one attached hydrogen (secondary N) is 2. The number of carbonyl (C=O) groups excluding carboxylic acids is 2. The number of likely N-dealkylation sites (tertiary alicyclic amines) is 1. The highest BCUT2D eigenvalue weighted by atomic mass is 16.6. The lowest BCUT2D eigenvalue weighted by Crippen LogP contribution is -2.37. The van der Waals surface area contributed by atoms with Crippen molar-refractivity contribution in [3.63, 3.8) is 0 Å². The van der Waals surface area contributed by atoms with Gasteiger partial charge in [0, 0.05) is 29.0 Å². The number of allylic oxidation sites excluding steroid dienone is 3. The van der Waals surface area contributed by atoms with Crippen molar-refractivity contribution < 1.29 is 17.2 Å². The fourth-order valence-electron chi connectivity index (χ4n) is 3.30. The van der Waals surface area contributed by atoms with Crippen LogP contribution < -0.4 is 10.6 Å². The van der Waals surface area contributed by atoms with E-state index in [4.69, 9.17) is 4.74 Å². The highest BCUT2D eigenvalue weighted by Gasteiger charge is 2.47. The predicted molar refractivity (Wildman–Crippen MR) is 112 cm³/mol. The smallest absolute Gasteiger partial charge is 0.410 e. The molecule has 1 saturated carbocycles. The molecule has 1 aliphatic heterocycles. The second-order valence-corrected chi connectivity index (χ2v) is 8.66. The van der Waals surface area contributed by atoms with Gasteiger partial charge in [-0.15, -0.1) is 0 Å².